The summed E-state index contributed by atoms with van der Waals surface area (Å²) in [5.41, 5.74) is 4.47. The molecule has 0 radical (unpaired) electrons. The Hall–Kier alpha value is -2.91. The van der Waals surface area contributed by atoms with Crippen LogP contribution in [0.4, 0.5) is 0 Å². The van der Waals surface area contributed by atoms with Crippen molar-refractivity contribution in [2.24, 2.45) is 0 Å². The van der Waals surface area contributed by atoms with Gasteiger partial charge in [0.25, 0.3) is 0 Å². The van der Waals surface area contributed by atoms with Gasteiger partial charge in [-0.2, -0.15) is 4.31 Å². The smallest absolute Gasteiger partial charge is 0.243 e. The summed E-state index contributed by atoms with van der Waals surface area (Å²) in [6, 6.07) is 25.7. The highest BCUT2D eigenvalue weighted by Gasteiger charge is 2.27. The first kappa shape index (κ1) is 35.6. The number of halogens is 1. The predicted molar refractivity (Wildman–Crippen MR) is 176 cm³/mol. The Morgan fingerprint density at radius 1 is 0.727 bits per heavy atom. The lowest BCUT2D eigenvalue weighted by atomic mass is 10.1. The first-order chi connectivity index (χ1) is 20.6. The first-order valence-corrected chi connectivity index (χ1v) is 16.7. The fraction of sp³-hybridized carbons (Fsp3) is 0.389. The van der Waals surface area contributed by atoms with Crippen molar-refractivity contribution in [3.05, 3.63) is 101 Å². The van der Waals surface area contributed by atoms with Crippen LogP contribution in [0.25, 0.3) is 10.8 Å². The predicted octanol–water partition coefficient (Wildman–Crippen LogP) is 4.51. The molecule has 238 valence electrons. The maximum atomic E-state index is 14.1. The molecule has 0 aliphatic rings. The molecule has 0 aliphatic carbocycles. The van der Waals surface area contributed by atoms with Crippen molar-refractivity contribution >= 4 is 20.8 Å². The van der Waals surface area contributed by atoms with Crippen LogP contribution in [0.1, 0.15) is 48.9 Å². The Bertz CT molecular complexity index is 1590. The molecule has 0 heterocycles. The molecule has 0 saturated heterocycles. The lowest BCUT2D eigenvalue weighted by Crippen LogP contribution is -3.00. The molecule has 0 unspecified atom stereocenters. The van der Waals surface area contributed by atoms with Crippen LogP contribution in [0.2, 0.25) is 0 Å². The molecule has 0 saturated carbocycles. The zero-order chi connectivity index (χ0) is 31.0. The Kier molecular flexibility index (Phi) is 12.8. The van der Waals surface area contributed by atoms with Crippen molar-refractivity contribution < 1.29 is 39.4 Å². The SMILES string of the molecule is CC[N+](CC)(CCCCN(Cc1cc(C)cc(C)c1)S(=O)(=O)c1ccc2ccccc2c1)Cc1cc(OC)cc(OC)c1.[Br-]. The molecular weight excluding hydrogens is 636 g/mol. The number of nitrogens with zero attached hydrogens (tertiary/aromatic N) is 2. The fourth-order valence-corrected chi connectivity index (χ4v) is 7.55. The molecule has 0 amide bonds. The highest BCUT2D eigenvalue weighted by atomic mass is 79.9. The van der Waals surface area contributed by atoms with E-state index in [2.05, 4.69) is 58.0 Å². The van der Waals surface area contributed by atoms with Crippen LogP contribution < -0.4 is 26.5 Å². The first-order valence-electron chi connectivity index (χ1n) is 15.2. The van der Waals surface area contributed by atoms with E-state index in [1.54, 1.807) is 30.7 Å². The van der Waals surface area contributed by atoms with Gasteiger partial charge in [-0.05, 0) is 81.1 Å². The summed E-state index contributed by atoms with van der Waals surface area (Å²) in [5.74, 6) is 1.58. The van der Waals surface area contributed by atoms with E-state index in [4.69, 9.17) is 9.47 Å². The summed E-state index contributed by atoms with van der Waals surface area (Å²) in [6.45, 7) is 13.2. The molecule has 4 aromatic rings. The number of fused-ring (bicyclic) bond motifs is 1. The summed E-state index contributed by atoms with van der Waals surface area (Å²) in [7, 11) is -0.354. The molecule has 0 bridgehead atoms. The number of ether oxygens (including phenoxy) is 2. The van der Waals surface area contributed by atoms with Crippen molar-refractivity contribution in [1.82, 2.24) is 4.31 Å². The van der Waals surface area contributed by atoms with E-state index in [1.807, 2.05) is 36.4 Å². The number of methoxy groups -OCH3 is 2. The lowest BCUT2D eigenvalue weighted by Gasteiger charge is -2.37. The van der Waals surface area contributed by atoms with Crippen LogP contribution in [0.3, 0.4) is 0 Å². The number of sulfonamides is 1. The molecule has 44 heavy (non-hydrogen) atoms. The Labute approximate surface area is 275 Å². The summed E-state index contributed by atoms with van der Waals surface area (Å²) in [4.78, 5) is 0.342. The normalized spacial score (nSPS) is 11.9. The largest absolute Gasteiger partial charge is 1.00 e. The molecule has 6 nitrogen and oxygen atoms in total. The third-order valence-corrected chi connectivity index (χ3v) is 10.4. The number of quaternary nitrogens is 1. The zero-order valence-corrected chi connectivity index (χ0v) is 29.4. The van der Waals surface area contributed by atoms with Gasteiger partial charge in [-0.25, -0.2) is 8.42 Å². The van der Waals surface area contributed by atoms with Crippen molar-refractivity contribution in [1.29, 1.82) is 0 Å². The van der Waals surface area contributed by atoms with Gasteiger partial charge in [0.15, 0.2) is 0 Å². The summed E-state index contributed by atoms with van der Waals surface area (Å²) in [6.07, 6.45) is 1.69. The quantitative estimate of drug-likeness (QED) is 0.137. The molecule has 0 N–H and O–H groups in total. The van der Waals surface area contributed by atoms with Crippen molar-refractivity contribution in [3.8, 4) is 11.5 Å². The van der Waals surface area contributed by atoms with Gasteiger partial charge in [0, 0.05) is 24.7 Å². The maximum absolute atomic E-state index is 14.1. The van der Waals surface area contributed by atoms with E-state index in [-0.39, 0.29) is 17.0 Å². The minimum atomic E-state index is -3.71. The van der Waals surface area contributed by atoms with E-state index in [1.165, 1.54) is 5.56 Å². The topological polar surface area (TPSA) is 55.8 Å². The van der Waals surface area contributed by atoms with Gasteiger partial charge in [0.2, 0.25) is 10.0 Å². The molecule has 0 spiro atoms. The molecule has 0 atom stereocenters. The highest BCUT2D eigenvalue weighted by molar-refractivity contribution is 7.89. The van der Waals surface area contributed by atoms with E-state index in [9.17, 15) is 8.42 Å². The number of hydrogen-bond donors (Lipinski definition) is 0. The molecule has 0 aliphatic heterocycles. The number of hydrogen-bond acceptors (Lipinski definition) is 4. The van der Waals surface area contributed by atoms with Crippen LogP contribution in [-0.2, 0) is 23.1 Å². The molecular formula is C36H47BrN2O4S. The van der Waals surface area contributed by atoms with E-state index in [0.717, 1.165) is 82.5 Å². The minimum absolute atomic E-state index is 0. The number of aryl methyl sites for hydroxylation is 2. The number of unbranched alkanes of at least 4 members (excludes halogenated alkanes) is 1. The Morgan fingerprint density at radius 2 is 1.34 bits per heavy atom. The summed E-state index contributed by atoms with van der Waals surface area (Å²) < 4.78 is 41.8. The Balaban J connectivity index is 0.00000529. The summed E-state index contributed by atoms with van der Waals surface area (Å²) in [5, 5.41) is 1.96. The van der Waals surface area contributed by atoms with Gasteiger partial charge in [-0.1, -0.05) is 59.7 Å². The maximum Gasteiger partial charge on any atom is 0.243 e. The molecule has 4 rings (SSSR count). The van der Waals surface area contributed by atoms with Crippen LogP contribution in [0.5, 0.6) is 11.5 Å². The van der Waals surface area contributed by atoms with Gasteiger partial charge in [0.1, 0.15) is 18.0 Å². The monoisotopic (exact) mass is 682 g/mol. The second kappa shape index (κ2) is 15.9. The Morgan fingerprint density at radius 3 is 1.93 bits per heavy atom. The highest BCUT2D eigenvalue weighted by Crippen LogP contribution is 2.27. The molecule has 8 heteroatoms. The van der Waals surface area contributed by atoms with Crippen molar-refractivity contribution in [2.45, 2.75) is 58.5 Å². The second-order valence-electron chi connectivity index (χ2n) is 11.6. The van der Waals surface area contributed by atoms with Crippen LogP contribution in [-0.4, -0.2) is 57.6 Å². The average molecular weight is 684 g/mol. The van der Waals surface area contributed by atoms with E-state index >= 15 is 0 Å². The molecule has 0 fully saturated rings. The van der Waals surface area contributed by atoms with Gasteiger partial charge in [-0.15, -0.1) is 0 Å². The molecule has 0 aromatic heterocycles. The van der Waals surface area contributed by atoms with Gasteiger partial charge < -0.3 is 30.9 Å². The standard InChI is InChI=1S/C36H47N2O4S.BrH/c1-7-38(8-2,27-31-22-34(41-5)25-35(23-31)42-6)18-12-11-17-37(26-30-20-28(3)19-29(4)21-30)43(39,40)36-16-15-32-13-9-10-14-33(32)24-36;/h9-10,13-16,19-25H,7-8,11-12,17-18,26-27H2,1-6H3;1H/q+1;/p-1. The van der Waals surface area contributed by atoms with Crippen LogP contribution in [0.15, 0.2) is 83.8 Å². The van der Waals surface area contributed by atoms with Gasteiger partial charge in [0.05, 0.1) is 38.7 Å². The lowest BCUT2D eigenvalue weighted by molar-refractivity contribution is -0.938. The van der Waals surface area contributed by atoms with Crippen molar-refractivity contribution in [3.63, 3.8) is 0 Å². The third kappa shape index (κ3) is 8.84. The average Bonchev–Trinajstić information content (AvgIpc) is 3.00. The second-order valence-corrected chi connectivity index (χ2v) is 13.6. The summed E-state index contributed by atoms with van der Waals surface area (Å²) >= 11 is 0. The van der Waals surface area contributed by atoms with Gasteiger partial charge in [-0.3, -0.25) is 0 Å². The number of benzene rings is 4. The van der Waals surface area contributed by atoms with Crippen LogP contribution in [0, 0.1) is 13.8 Å². The van der Waals surface area contributed by atoms with Crippen LogP contribution >= 0.6 is 0 Å². The molecule has 4 aromatic carbocycles. The van der Waals surface area contributed by atoms with E-state index < -0.39 is 10.0 Å². The third-order valence-electron chi connectivity index (χ3n) is 8.56. The van der Waals surface area contributed by atoms with E-state index in [0.29, 0.717) is 18.0 Å². The fourth-order valence-electron chi connectivity index (χ4n) is 6.05. The van der Waals surface area contributed by atoms with Crippen molar-refractivity contribution in [2.75, 3.05) is 40.4 Å². The van der Waals surface area contributed by atoms with Gasteiger partial charge >= 0.3 is 0 Å². The minimum Gasteiger partial charge on any atom is -1.00 e. The zero-order valence-electron chi connectivity index (χ0n) is 27.0. The number of rotatable bonds is 15.